The number of benzene rings is 2. The van der Waals surface area contributed by atoms with Crippen molar-refractivity contribution in [1.82, 2.24) is 10.3 Å². The van der Waals surface area contributed by atoms with Crippen LogP contribution in [0.1, 0.15) is 23.5 Å². The Kier molecular flexibility index (Phi) is 8.15. The SMILES string of the molecule is COCC(=O)Nc1ccc(N2C(=S)N[C@H](c3ccccn3)[C@@H]2c2ccc(-c3ccc([N+](=O)[O-])cc3OC)o2)cc1Cl. The average Bonchev–Trinajstić information content (AvgIpc) is 3.59. The Hall–Kier alpha value is -4.52. The lowest BCUT2D eigenvalue weighted by Crippen LogP contribution is -2.29. The van der Waals surface area contributed by atoms with Crippen LogP contribution in [0.4, 0.5) is 17.1 Å². The number of amides is 1. The molecule has 1 aliphatic rings. The zero-order chi connectivity index (χ0) is 29.1. The van der Waals surface area contributed by atoms with Gasteiger partial charge < -0.3 is 29.4 Å². The highest BCUT2D eigenvalue weighted by atomic mass is 35.5. The smallest absolute Gasteiger partial charge is 0.273 e. The van der Waals surface area contributed by atoms with Gasteiger partial charge >= 0.3 is 0 Å². The summed E-state index contributed by atoms with van der Waals surface area (Å²) in [7, 11) is 2.87. The maximum absolute atomic E-state index is 12.0. The van der Waals surface area contributed by atoms with Crippen molar-refractivity contribution in [1.29, 1.82) is 0 Å². The first-order valence-electron chi connectivity index (χ1n) is 12.3. The average molecular weight is 594 g/mol. The fraction of sp³-hybridized carbons (Fsp3) is 0.179. The van der Waals surface area contributed by atoms with E-state index in [0.717, 1.165) is 5.69 Å². The summed E-state index contributed by atoms with van der Waals surface area (Å²) in [6.07, 6.45) is 1.70. The number of halogens is 1. The first kappa shape index (κ1) is 28.0. The molecule has 0 aliphatic carbocycles. The van der Waals surface area contributed by atoms with Crippen molar-refractivity contribution in [3.05, 3.63) is 99.5 Å². The quantitative estimate of drug-likeness (QED) is 0.142. The van der Waals surface area contributed by atoms with Gasteiger partial charge in [0.05, 0.1) is 46.1 Å². The minimum Gasteiger partial charge on any atom is -0.496 e. The molecule has 2 aromatic heterocycles. The summed E-state index contributed by atoms with van der Waals surface area (Å²) in [4.78, 5) is 29.2. The summed E-state index contributed by atoms with van der Waals surface area (Å²) < 4.78 is 16.7. The van der Waals surface area contributed by atoms with Gasteiger partial charge in [-0.3, -0.25) is 19.9 Å². The number of rotatable bonds is 9. The fourth-order valence-corrected chi connectivity index (χ4v) is 5.22. The van der Waals surface area contributed by atoms with Crippen LogP contribution in [0.25, 0.3) is 11.3 Å². The number of ether oxygens (including phenoxy) is 2. The summed E-state index contributed by atoms with van der Waals surface area (Å²) in [5.41, 5.74) is 2.29. The Balaban J connectivity index is 1.55. The van der Waals surface area contributed by atoms with Crippen molar-refractivity contribution in [3.8, 4) is 17.1 Å². The van der Waals surface area contributed by atoms with E-state index in [1.54, 1.807) is 36.5 Å². The lowest BCUT2D eigenvalue weighted by molar-refractivity contribution is -0.384. The van der Waals surface area contributed by atoms with Gasteiger partial charge in [-0.1, -0.05) is 17.7 Å². The molecular formula is C28H24ClN5O6S. The number of carbonyl (C=O) groups is 1. The van der Waals surface area contributed by atoms with Crippen LogP contribution in [0.15, 0.2) is 77.3 Å². The van der Waals surface area contributed by atoms with E-state index in [4.69, 9.17) is 37.7 Å². The number of carbonyl (C=O) groups excluding carboxylic acids is 1. The second-order valence-electron chi connectivity index (χ2n) is 8.99. The Morgan fingerprint density at radius 1 is 1.20 bits per heavy atom. The second-order valence-corrected chi connectivity index (χ2v) is 9.78. The standard InChI is InChI=1S/C28H24ClN5O6S/c1-38-15-25(35)31-20-9-7-16(13-19(20)29)33-27(26(32-28(33)41)21-5-3-4-12-30-21)23-11-10-22(40-23)18-8-6-17(34(36)37)14-24(18)39-2/h3-14,26-27H,15H2,1-2H3,(H,31,35)(H,32,41)/t26-,27+/m1/s1. The molecule has 0 bridgehead atoms. The molecule has 41 heavy (non-hydrogen) atoms. The Labute approximate surface area is 245 Å². The summed E-state index contributed by atoms with van der Waals surface area (Å²) >= 11 is 12.3. The number of nitrogens with one attached hydrogen (secondary N) is 2. The number of pyridine rings is 1. The highest BCUT2D eigenvalue weighted by Gasteiger charge is 2.43. The van der Waals surface area contributed by atoms with E-state index in [1.165, 1.54) is 26.4 Å². The number of aromatic nitrogens is 1. The van der Waals surface area contributed by atoms with Gasteiger partial charge in [0.1, 0.15) is 29.9 Å². The van der Waals surface area contributed by atoms with E-state index in [9.17, 15) is 14.9 Å². The second kappa shape index (κ2) is 11.9. The number of furan rings is 1. The lowest BCUT2D eigenvalue weighted by Gasteiger charge is -2.26. The van der Waals surface area contributed by atoms with Gasteiger partial charge in [0.2, 0.25) is 5.91 Å². The maximum Gasteiger partial charge on any atom is 0.273 e. The van der Waals surface area contributed by atoms with Gasteiger partial charge in [0.15, 0.2) is 5.11 Å². The number of hydrogen-bond donors (Lipinski definition) is 2. The predicted molar refractivity (Wildman–Crippen MR) is 157 cm³/mol. The molecule has 2 aromatic carbocycles. The van der Waals surface area contributed by atoms with Gasteiger partial charge in [-0.15, -0.1) is 0 Å². The van der Waals surface area contributed by atoms with Crippen LogP contribution < -0.4 is 20.3 Å². The summed E-state index contributed by atoms with van der Waals surface area (Å²) in [5.74, 6) is 0.977. The van der Waals surface area contributed by atoms with E-state index in [-0.39, 0.29) is 24.2 Å². The van der Waals surface area contributed by atoms with Gasteiger partial charge in [-0.2, -0.15) is 0 Å². The number of non-ortho nitro benzene ring substituents is 1. The predicted octanol–water partition coefficient (Wildman–Crippen LogP) is 5.67. The molecule has 4 aromatic rings. The zero-order valence-electron chi connectivity index (χ0n) is 21.9. The monoisotopic (exact) mass is 593 g/mol. The largest absolute Gasteiger partial charge is 0.496 e. The molecule has 2 N–H and O–H groups in total. The Morgan fingerprint density at radius 3 is 2.71 bits per heavy atom. The van der Waals surface area contributed by atoms with Crippen molar-refractivity contribution in [2.45, 2.75) is 12.1 Å². The van der Waals surface area contributed by atoms with Crippen LogP contribution in [0, 0.1) is 10.1 Å². The van der Waals surface area contributed by atoms with Gasteiger partial charge in [0.25, 0.3) is 5.69 Å². The summed E-state index contributed by atoms with van der Waals surface area (Å²) in [5, 5.41) is 18.0. The van der Waals surface area contributed by atoms with Gasteiger partial charge in [-0.25, -0.2) is 0 Å². The zero-order valence-corrected chi connectivity index (χ0v) is 23.4. The number of nitro groups is 1. The van der Waals surface area contributed by atoms with Crippen LogP contribution in [0.5, 0.6) is 5.75 Å². The molecule has 1 fully saturated rings. The topological polar surface area (TPSA) is 132 Å². The molecule has 3 heterocycles. The number of hydrogen-bond acceptors (Lipinski definition) is 8. The van der Waals surface area contributed by atoms with E-state index in [0.29, 0.717) is 44.3 Å². The lowest BCUT2D eigenvalue weighted by atomic mass is 10.0. The number of anilines is 2. The fourth-order valence-electron chi connectivity index (χ4n) is 4.65. The maximum atomic E-state index is 12.0. The molecule has 1 aliphatic heterocycles. The van der Waals surface area contributed by atoms with Crippen molar-refractivity contribution >= 4 is 51.9 Å². The summed E-state index contributed by atoms with van der Waals surface area (Å²) in [6.45, 7) is -0.105. The normalized spacial score (nSPS) is 16.4. The first-order valence-corrected chi connectivity index (χ1v) is 13.1. The molecule has 13 heteroatoms. The molecule has 0 radical (unpaired) electrons. The Morgan fingerprint density at radius 2 is 2.02 bits per heavy atom. The van der Waals surface area contributed by atoms with E-state index in [2.05, 4.69) is 15.6 Å². The third-order valence-corrected chi connectivity index (χ3v) is 7.09. The number of thiocarbonyl (C=S) groups is 1. The van der Waals surface area contributed by atoms with Gasteiger partial charge in [-0.05, 0) is 60.7 Å². The molecule has 2 atom stereocenters. The molecule has 1 amide bonds. The molecule has 5 rings (SSSR count). The third-order valence-electron chi connectivity index (χ3n) is 6.46. The molecule has 1 saturated heterocycles. The minimum absolute atomic E-state index is 0.0946. The van der Waals surface area contributed by atoms with Crippen LogP contribution in [0.3, 0.4) is 0 Å². The van der Waals surface area contributed by atoms with Crippen molar-refractivity contribution in [3.63, 3.8) is 0 Å². The van der Waals surface area contributed by atoms with E-state index < -0.39 is 11.0 Å². The molecule has 11 nitrogen and oxygen atoms in total. The van der Waals surface area contributed by atoms with Crippen LogP contribution in [0.2, 0.25) is 5.02 Å². The molecule has 0 saturated carbocycles. The third kappa shape index (κ3) is 5.71. The molecule has 0 spiro atoms. The number of nitro benzene ring substituents is 1. The Bertz CT molecular complexity index is 1610. The highest BCUT2D eigenvalue weighted by Crippen LogP contribution is 2.45. The highest BCUT2D eigenvalue weighted by molar-refractivity contribution is 7.80. The number of methoxy groups -OCH3 is 2. The molecule has 210 valence electrons. The van der Waals surface area contributed by atoms with Crippen molar-refractivity contribution in [2.75, 3.05) is 31.0 Å². The molecular weight excluding hydrogens is 570 g/mol. The minimum atomic E-state index is -0.486. The van der Waals surface area contributed by atoms with Crippen LogP contribution >= 0.6 is 23.8 Å². The number of nitrogens with zero attached hydrogens (tertiary/aromatic N) is 3. The van der Waals surface area contributed by atoms with Crippen molar-refractivity contribution < 1.29 is 23.6 Å². The molecule has 0 unspecified atom stereocenters. The van der Waals surface area contributed by atoms with Crippen LogP contribution in [-0.4, -0.2) is 41.8 Å². The summed E-state index contributed by atoms with van der Waals surface area (Å²) in [6, 6.07) is 17.8. The first-order chi connectivity index (χ1) is 19.8. The van der Waals surface area contributed by atoms with E-state index >= 15 is 0 Å². The van der Waals surface area contributed by atoms with Crippen molar-refractivity contribution in [2.24, 2.45) is 0 Å². The van der Waals surface area contributed by atoms with E-state index in [1.807, 2.05) is 29.2 Å². The van der Waals surface area contributed by atoms with Crippen LogP contribution in [-0.2, 0) is 9.53 Å². The van der Waals surface area contributed by atoms with Gasteiger partial charge in [0, 0.05) is 25.1 Å².